The van der Waals surface area contributed by atoms with Crippen LogP contribution in [-0.4, -0.2) is 101 Å². The minimum absolute atomic E-state index is 0.661. The van der Waals surface area contributed by atoms with Crippen LogP contribution in [-0.2, 0) is 14.1 Å². The Bertz CT molecular complexity index is 5240. The highest BCUT2D eigenvalue weighted by Crippen LogP contribution is 2.22. The van der Waals surface area contributed by atoms with E-state index in [9.17, 15) is 0 Å². The molecule has 0 amide bonds. The fourth-order valence-corrected chi connectivity index (χ4v) is 12.4. The predicted octanol–water partition coefficient (Wildman–Crippen LogP) is 28.3. The van der Waals surface area contributed by atoms with Gasteiger partial charge in [-0.05, 0) is 192 Å². The van der Waals surface area contributed by atoms with Crippen LogP contribution in [0.3, 0.4) is 0 Å². The molecule has 676 valence electrons. The van der Waals surface area contributed by atoms with Crippen molar-refractivity contribution < 1.29 is 8.83 Å². The Hall–Kier alpha value is -12.6. The van der Waals surface area contributed by atoms with Crippen LogP contribution in [0.1, 0.15) is 217 Å². The molecule has 17 aromatic heterocycles. The Balaban J connectivity index is 0.000000684. The first kappa shape index (κ1) is 111. The number of benzene rings is 3. The molecule has 23 nitrogen and oxygen atoms in total. The Morgan fingerprint density at radius 1 is 0.262 bits per heavy atom. The average molecular weight is 1750 g/mol. The largest absolute Gasteiger partial charge is 0.441 e. The van der Waals surface area contributed by atoms with Gasteiger partial charge in [-0.3, -0.25) is 8.80 Å². The van der Waals surface area contributed by atoms with Gasteiger partial charge < -0.3 is 26.8 Å². The first-order chi connectivity index (χ1) is 61.2. The summed E-state index contributed by atoms with van der Waals surface area (Å²) in [5.41, 5.74) is 20.5. The van der Waals surface area contributed by atoms with Crippen LogP contribution in [0, 0.1) is 96.9 Å². The van der Waals surface area contributed by atoms with Crippen molar-refractivity contribution in [3.05, 3.63) is 292 Å². The Kier molecular flexibility index (Phi) is 55.2. The molecular formula is C101H143N21O2S2. The molecule has 0 saturated carbocycles. The third-order valence-corrected chi connectivity index (χ3v) is 18.9. The van der Waals surface area contributed by atoms with Gasteiger partial charge in [0, 0.05) is 106 Å². The number of imidazole rings is 6. The van der Waals surface area contributed by atoms with Gasteiger partial charge in [-0.15, -0.1) is 22.7 Å². The molecule has 0 N–H and O–H groups in total. The van der Waals surface area contributed by atoms with Crippen LogP contribution in [0.5, 0.6) is 0 Å². The van der Waals surface area contributed by atoms with Crippen LogP contribution < -0.4 is 0 Å². The lowest BCUT2D eigenvalue weighted by molar-refractivity contribution is 0.560. The number of nitrogens with zero attached hydrogens (tertiary/aromatic N) is 21. The molecule has 0 bridgehead atoms. The molecule has 17 heterocycles. The van der Waals surface area contributed by atoms with E-state index in [1.165, 1.54) is 26.3 Å². The van der Waals surface area contributed by atoms with Crippen LogP contribution in [0.2, 0.25) is 0 Å². The molecule has 20 rings (SSSR count). The second-order valence-corrected chi connectivity index (χ2v) is 26.8. The SMILES string of the molecule is CC.CC.CC.CC.CC.CC.CC.CC.CC.CC.Cc1nc2ccccc2n1C.Cc1nc2ccccc2o1.Cc1nc2ccccc2s1.Cc1nc2ccccn2c1C.Cc1nc2ccccn2c1C.Cc1nc2cccnc2n1C.Cc1nc2ncccc2o1.Cc1nc2ncccc2s1.Cc1nc2ncccn2c1C.Cc1nc2ncccn2c1C. The first-order valence-electron chi connectivity index (χ1n) is 44.1. The quantitative estimate of drug-likeness (QED) is 0.137. The van der Waals surface area contributed by atoms with E-state index in [0.717, 1.165) is 129 Å². The summed E-state index contributed by atoms with van der Waals surface area (Å²) in [6.07, 6.45) is 16.8. The van der Waals surface area contributed by atoms with Crippen molar-refractivity contribution in [3.63, 3.8) is 0 Å². The van der Waals surface area contributed by atoms with E-state index in [1.807, 2.05) is 419 Å². The van der Waals surface area contributed by atoms with Gasteiger partial charge in [-0.1, -0.05) is 187 Å². The summed E-state index contributed by atoms with van der Waals surface area (Å²) in [6.45, 7) is 67.9. The minimum Gasteiger partial charge on any atom is -0.441 e. The zero-order valence-electron chi connectivity index (χ0n) is 82.2. The van der Waals surface area contributed by atoms with E-state index >= 15 is 0 Å². The lowest BCUT2D eigenvalue weighted by Crippen LogP contribution is -1.91. The summed E-state index contributed by atoms with van der Waals surface area (Å²) in [6, 6.07) is 51.5. The van der Waals surface area contributed by atoms with E-state index < -0.39 is 0 Å². The van der Waals surface area contributed by atoms with Crippen molar-refractivity contribution >= 4 is 111 Å². The summed E-state index contributed by atoms with van der Waals surface area (Å²) in [5, 5.41) is 2.22. The maximum atomic E-state index is 5.26. The smallest absolute Gasteiger partial charge is 0.234 e. The highest BCUT2D eigenvalue weighted by atomic mass is 32.1. The summed E-state index contributed by atoms with van der Waals surface area (Å²) in [7, 11) is 4.00. The number of fused-ring (bicyclic) bond motifs is 10. The molecule has 0 radical (unpaired) electrons. The molecule has 20 aromatic rings. The van der Waals surface area contributed by atoms with Gasteiger partial charge in [0.1, 0.15) is 34.0 Å². The zero-order valence-corrected chi connectivity index (χ0v) is 83.9. The molecule has 0 saturated heterocycles. The van der Waals surface area contributed by atoms with Crippen molar-refractivity contribution in [2.45, 2.75) is 235 Å². The lowest BCUT2D eigenvalue weighted by Gasteiger charge is -1.93. The summed E-state index contributed by atoms with van der Waals surface area (Å²) in [4.78, 5) is 63.2. The van der Waals surface area contributed by atoms with Crippen LogP contribution >= 0.6 is 22.7 Å². The third-order valence-electron chi connectivity index (χ3n) is 17.0. The number of oxazole rings is 2. The Morgan fingerprint density at radius 2 is 0.627 bits per heavy atom. The molecule has 25 heteroatoms. The monoisotopic (exact) mass is 1750 g/mol. The van der Waals surface area contributed by atoms with E-state index in [-0.39, 0.29) is 0 Å². The highest BCUT2D eigenvalue weighted by molar-refractivity contribution is 7.18. The highest BCUT2D eigenvalue weighted by Gasteiger charge is 2.08. The van der Waals surface area contributed by atoms with Crippen molar-refractivity contribution in [2.24, 2.45) is 14.1 Å². The van der Waals surface area contributed by atoms with E-state index in [2.05, 4.69) is 114 Å². The summed E-state index contributed by atoms with van der Waals surface area (Å²) in [5.74, 6) is 5.00. The fraction of sp³-hybridized carbons (Fsp3) is 0.356. The van der Waals surface area contributed by atoms with E-state index in [1.54, 1.807) is 53.7 Å². The molecule has 3 aromatic carbocycles. The standard InChI is InChI=1S/3C9H10N2.3C8H9N3.C8H7NO.C8H7NS.C7H6N2O.C7H6N2S.10C2H6/c1-7-10-8-5-3-4-6-9(8)11(7)2;2*1-7-8(2)11-6-4-3-5-9(11)10-7;1-6-10-7-4-3-5-9-8(7)11(6)2;2*1-6-7(2)11-5-3-4-9-8(11)10-6;2*1-6-9-7-4-2-3-5-8(7)10-6;2*1-5-9-7-6(10-5)3-2-4-8-7;10*1-2/h3*3-6H,1-2H3;3*3-5H,1-2H3;2*2-5H,1H3;2*2-4H,1H3;10*1-2H3. The third kappa shape index (κ3) is 33.5. The van der Waals surface area contributed by atoms with E-state index in [4.69, 9.17) is 8.83 Å². The molecular weight excluding hydrogens is 1600 g/mol. The number of hydrogen-bond donors (Lipinski definition) is 0. The number of hydrogen-bond acceptors (Lipinski definition) is 19. The molecule has 0 spiro atoms. The number of thiazole rings is 2. The summed E-state index contributed by atoms with van der Waals surface area (Å²) >= 11 is 3.42. The van der Waals surface area contributed by atoms with Crippen molar-refractivity contribution in [1.29, 1.82) is 0 Å². The Morgan fingerprint density at radius 3 is 1.11 bits per heavy atom. The predicted molar refractivity (Wildman–Crippen MR) is 538 cm³/mol. The van der Waals surface area contributed by atoms with Crippen molar-refractivity contribution in [3.8, 4) is 0 Å². The van der Waals surface area contributed by atoms with E-state index in [0.29, 0.717) is 11.5 Å². The molecule has 0 aliphatic carbocycles. The van der Waals surface area contributed by atoms with Crippen LogP contribution in [0.25, 0.3) is 87.9 Å². The number of aryl methyl sites for hydroxylation is 16. The van der Waals surface area contributed by atoms with Gasteiger partial charge in [0.25, 0.3) is 0 Å². The molecule has 126 heavy (non-hydrogen) atoms. The zero-order chi connectivity index (χ0) is 95.0. The van der Waals surface area contributed by atoms with Crippen molar-refractivity contribution in [1.82, 2.24) is 101 Å². The molecule has 0 unspecified atom stereocenters. The number of para-hydroxylation sites is 5. The maximum Gasteiger partial charge on any atom is 0.234 e. The number of pyridine rings is 5. The average Bonchev–Trinajstić information content (AvgIpc) is 1.69. The molecule has 0 aliphatic heterocycles. The molecule has 0 aliphatic rings. The number of rotatable bonds is 0. The Labute approximate surface area is 758 Å². The van der Waals surface area contributed by atoms with Crippen molar-refractivity contribution in [2.75, 3.05) is 0 Å². The summed E-state index contributed by atoms with van der Waals surface area (Å²) < 4.78 is 25.1. The number of aromatic nitrogens is 21. The van der Waals surface area contributed by atoms with Gasteiger partial charge in [0.2, 0.25) is 11.6 Å². The van der Waals surface area contributed by atoms with Crippen LogP contribution in [0.15, 0.2) is 222 Å². The minimum atomic E-state index is 0.661. The normalized spacial score (nSPS) is 9.43. The second-order valence-electron chi connectivity index (χ2n) is 24.4. The second kappa shape index (κ2) is 62.5. The lowest BCUT2D eigenvalue weighted by atomic mass is 10.3. The van der Waals surface area contributed by atoms with Gasteiger partial charge >= 0.3 is 0 Å². The fourth-order valence-electron chi connectivity index (χ4n) is 10.8. The van der Waals surface area contributed by atoms with Crippen LogP contribution in [0.4, 0.5) is 0 Å². The molecule has 0 atom stereocenters. The van der Waals surface area contributed by atoms with Gasteiger partial charge in [0.15, 0.2) is 39.9 Å². The first-order valence-corrected chi connectivity index (χ1v) is 45.8. The van der Waals surface area contributed by atoms with Gasteiger partial charge in [-0.2, -0.15) is 4.98 Å². The molecule has 0 fully saturated rings. The van der Waals surface area contributed by atoms with Gasteiger partial charge in [-0.25, -0.2) is 69.8 Å². The topological polar surface area (TPSA) is 247 Å². The van der Waals surface area contributed by atoms with Gasteiger partial charge in [0.05, 0.1) is 58.7 Å². The maximum absolute atomic E-state index is 5.26.